The smallest absolute Gasteiger partial charge is 0.264 e. The number of H-pyrrole nitrogens is 1. The first-order chi connectivity index (χ1) is 11.5. The summed E-state index contributed by atoms with van der Waals surface area (Å²) >= 11 is 0. The Morgan fingerprint density at radius 2 is 1.52 bits per heavy atom. The largest absolute Gasteiger partial charge is 0.368 e. The number of hydrogen-bond acceptors (Lipinski definition) is 5. The molecule has 0 amide bonds. The number of anilines is 2. The summed E-state index contributed by atoms with van der Waals surface area (Å²) in [5.74, 6) is 0.420. The quantitative estimate of drug-likeness (QED) is 0.724. The highest BCUT2D eigenvalue weighted by Gasteiger charge is 2.27. The van der Waals surface area contributed by atoms with E-state index in [0.717, 1.165) is 16.7 Å². The first kappa shape index (κ1) is 19.2. The third-order valence-electron chi connectivity index (χ3n) is 4.08. The van der Waals surface area contributed by atoms with Gasteiger partial charge in [0.1, 0.15) is 0 Å². The number of hydrogen-bond donors (Lipinski definition) is 3. The van der Waals surface area contributed by atoms with Crippen LogP contribution in [0.25, 0.3) is 0 Å². The number of aromatic nitrogens is 3. The number of aromatic amines is 1. The third-order valence-corrected chi connectivity index (χ3v) is 5.54. The van der Waals surface area contributed by atoms with Crippen molar-refractivity contribution in [2.24, 2.45) is 0 Å². The van der Waals surface area contributed by atoms with E-state index in [2.05, 4.69) is 33.8 Å². The SMILES string of the molecule is CC(C)c1cc(C(C)C)c(S(=O)(=O)Nc2n[nH]c(N)n2)c(C(C)C)c1. The van der Waals surface area contributed by atoms with Crippen molar-refractivity contribution in [2.45, 2.75) is 64.2 Å². The molecule has 0 fully saturated rings. The average Bonchev–Trinajstić information content (AvgIpc) is 2.89. The van der Waals surface area contributed by atoms with Crippen LogP contribution >= 0.6 is 0 Å². The molecule has 0 bridgehead atoms. The van der Waals surface area contributed by atoms with Gasteiger partial charge in [0, 0.05) is 0 Å². The lowest BCUT2D eigenvalue weighted by Crippen LogP contribution is -2.20. The van der Waals surface area contributed by atoms with Crippen LogP contribution in [0.4, 0.5) is 11.9 Å². The van der Waals surface area contributed by atoms with E-state index >= 15 is 0 Å². The van der Waals surface area contributed by atoms with Crippen molar-refractivity contribution in [2.75, 3.05) is 10.5 Å². The summed E-state index contributed by atoms with van der Waals surface area (Å²) in [6.07, 6.45) is 0. The van der Waals surface area contributed by atoms with Crippen LogP contribution in [0.5, 0.6) is 0 Å². The molecule has 138 valence electrons. The number of nitrogen functional groups attached to an aromatic ring is 1. The summed E-state index contributed by atoms with van der Waals surface area (Å²) < 4.78 is 28.6. The minimum absolute atomic E-state index is 0.0555. The van der Waals surface area contributed by atoms with E-state index in [1.54, 1.807) is 0 Å². The molecule has 0 saturated carbocycles. The zero-order valence-electron chi connectivity index (χ0n) is 15.6. The van der Waals surface area contributed by atoms with Gasteiger partial charge in [-0.15, -0.1) is 5.10 Å². The first-order valence-corrected chi connectivity index (χ1v) is 9.89. The molecule has 0 unspecified atom stereocenters. The van der Waals surface area contributed by atoms with E-state index in [0.29, 0.717) is 10.8 Å². The van der Waals surface area contributed by atoms with Gasteiger partial charge in [0.25, 0.3) is 16.0 Å². The highest BCUT2D eigenvalue weighted by Crippen LogP contribution is 2.35. The molecular formula is C17H27N5O2S. The van der Waals surface area contributed by atoms with Crippen molar-refractivity contribution < 1.29 is 8.42 Å². The number of nitrogens with zero attached hydrogens (tertiary/aromatic N) is 2. The summed E-state index contributed by atoms with van der Waals surface area (Å²) in [4.78, 5) is 4.15. The number of sulfonamides is 1. The predicted molar refractivity (Wildman–Crippen MR) is 100 cm³/mol. The van der Waals surface area contributed by atoms with Gasteiger partial charge in [0.05, 0.1) is 4.90 Å². The standard InChI is InChI=1S/C17H27N5O2S/c1-9(2)12-7-13(10(3)4)15(14(8-12)11(5)6)25(23,24)22-17-19-16(18)20-21-17/h7-11H,1-6H3,(H4,18,19,20,21,22). The van der Waals surface area contributed by atoms with Crippen molar-refractivity contribution in [3.05, 3.63) is 28.8 Å². The van der Waals surface area contributed by atoms with Crippen LogP contribution in [0.2, 0.25) is 0 Å². The lowest BCUT2D eigenvalue weighted by Gasteiger charge is -2.22. The fraction of sp³-hybridized carbons (Fsp3) is 0.529. The molecular weight excluding hydrogens is 338 g/mol. The Hall–Kier alpha value is -2.09. The zero-order valence-corrected chi connectivity index (χ0v) is 16.4. The molecule has 1 heterocycles. The fourth-order valence-electron chi connectivity index (χ4n) is 2.69. The number of nitrogens with one attached hydrogen (secondary N) is 2. The summed E-state index contributed by atoms with van der Waals surface area (Å²) in [5, 5.41) is 6.20. The average molecular weight is 366 g/mol. The van der Waals surface area contributed by atoms with Crippen LogP contribution in [0.3, 0.4) is 0 Å². The Balaban J connectivity index is 2.68. The van der Waals surface area contributed by atoms with Gasteiger partial charge in [-0.3, -0.25) is 0 Å². The zero-order chi connectivity index (χ0) is 18.9. The van der Waals surface area contributed by atoms with Crippen molar-refractivity contribution in [1.82, 2.24) is 15.2 Å². The fourth-order valence-corrected chi connectivity index (χ4v) is 4.33. The molecule has 1 aromatic heterocycles. The molecule has 0 saturated heterocycles. The summed E-state index contributed by atoms with van der Waals surface area (Å²) in [5.41, 5.74) is 8.21. The first-order valence-electron chi connectivity index (χ1n) is 8.41. The Kier molecular flexibility index (Phi) is 5.41. The minimum atomic E-state index is -3.84. The molecule has 0 atom stereocenters. The Morgan fingerprint density at radius 3 is 1.88 bits per heavy atom. The molecule has 0 aliphatic carbocycles. The maximum atomic E-state index is 13.1. The van der Waals surface area contributed by atoms with Crippen LogP contribution in [0.15, 0.2) is 17.0 Å². The highest BCUT2D eigenvalue weighted by atomic mass is 32.2. The van der Waals surface area contributed by atoms with E-state index in [-0.39, 0.29) is 23.7 Å². The van der Waals surface area contributed by atoms with Gasteiger partial charge in [0.15, 0.2) is 0 Å². The Labute approximate surface area is 149 Å². The molecule has 0 aliphatic rings. The van der Waals surface area contributed by atoms with E-state index in [4.69, 9.17) is 5.73 Å². The van der Waals surface area contributed by atoms with Crippen molar-refractivity contribution in [3.63, 3.8) is 0 Å². The molecule has 7 nitrogen and oxygen atoms in total. The Bertz CT molecular complexity index is 825. The molecule has 4 N–H and O–H groups in total. The van der Waals surface area contributed by atoms with Crippen molar-refractivity contribution in [1.29, 1.82) is 0 Å². The number of nitrogens with two attached hydrogens (primary N) is 1. The summed E-state index contributed by atoms with van der Waals surface area (Å²) in [7, 11) is -3.84. The maximum absolute atomic E-state index is 13.1. The summed E-state index contributed by atoms with van der Waals surface area (Å²) in [6, 6.07) is 3.98. The van der Waals surface area contributed by atoms with Gasteiger partial charge >= 0.3 is 0 Å². The molecule has 1 aromatic carbocycles. The molecule has 0 spiro atoms. The highest BCUT2D eigenvalue weighted by molar-refractivity contribution is 7.92. The molecule has 8 heteroatoms. The van der Waals surface area contributed by atoms with E-state index in [1.807, 2.05) is 39.8 Å². The lowest BCUT2D eigenvalue weighted by molar-refractivity contribution is 0.595. The van der Waals surface area contributed by atoms with Crippen LogP contribution in [0, 0.1) is 0 Å². The van der Waals surface area contributed by atoms with Crippen LogP contribution in [-0.2, 0) is 10.0 Å². The second-order valence-corrected chi connectivity index (χ2v) is 8.76. The minimum Gasteiger partial charge on any atom is -0.368 e. The molecule has 0 radical (unpaired) electrons. The molecule has 25 heavy (non-hydrogen) atoms. The van der Waals surface area contributed by atoms with Gasteiger partial charge < -0.3 is 5.73 Å². The molecule has 2 rings (SSSR count). The van der Waals surface area contributed by atoms with Crippen molar-refractivity contribution >= 4 is 21.9 Å². The van der Waals surface area contributed by atoms with Crippen LogP contribution in [-0.4, -0.2) is 23.6 Å². The second kappa shape index (κ2) is 7.03. The van der Waals surface area contributed by atoms with Crippen LogP contribution in [0.1, 0.15) is 76.0 Å². The van der Waals surface area contributed by atoms with Gasteiger partial charge in [0.2, 0.25) is 5.95 Å². The lowest BCUT2D eigenvalue weighted by atomic mass is 9.89. The monoisotopic (exact) mass is 365 g/mol. The number of benzene rings is 1. The molecule has 0 aliphatic heterocycles. The Morgan fingerprint density at radius 1 is 1.00 bits per heavy atom. The topological polar surface area (TPSA) is 114 Å². The summed E-state index contributed by atoms with van der Waals surface area (Å²) in [6.45, 7) is 12.2. The van der Waals surface area contributed by atoms with Gasteiger partial charge in [-0.25, -0.2) is 18.2 Å². The van der Waals surface area contributed by atoms with Crippen LogP contribution < -0.4 is 10.5 Å². The van der Waals surface area contributed by atoms with Gasteiger partial charge in [-0.2, -0.15) is 4.98 Å². The molecule has 2 aromatic rings. The van der Waals surface area contributed by atoms with E-state index in [9.17, 15) is 8.42 Å². The number of rotatable bonds is 6. The third kappa shape index (κ3) is 4.12. The second-order valence-electron chi connectivity index (χ2n) is 7.14. The maximum Gasteiger partial charge on any atom is 0.264 e. The van der Waals surface area contributed by atoms with Crippen molar-refractivity contribution in [3.8, 4) is 0 Å². The van der Waals surface area contributed by atoms with E-state index in [1.165, 1.54) is 0 Å². The predicted octanol–water partition coefficient (Wildman–Crippen LogP) is 3.56. The van der Waals surface area contributed by atoms with Gasteiger partial charge in [-0.05, 0) is 34.4 Å². The van der Waals surface area contributed by atoms with E-state index < -0.39 is 10.0 Å². The van der Waals surface area contributed by atoms with Gasteiger partial charge in [-0.1, -0.05) is 53.7 Å². The normalized spacial score (nSPS) is 12.4.